The number of Topliss-reactive ketones (excluding diaryl/α,β-unsaturated/α-hetero) is 1. The number of likely N-dealkylation sites (N-methyl/N-ethyl adjacent to an activating group) is 1. The third-order valence-corrected chi connectivity index (χ3v) is 2.59. The minimum atomic E-state index is -0.144. The predicted molar refractivity (Wildman–Crippen MR) is 81.4 cm³/mol. The van der Waals surface area contributed by atoms with Gasteiger partial charge in [-0.25, -0.2) is 0 Å². The van der Waals surface area contributed by atoms with Crippen LogP contribution >= 0.6 is 11.6 Å². The molecule has 1 unspecified atom stereocenters. The van der Waals surface area contributed by atoms with Crippen molar-refractivity contribution in [3.05, 3.63) is 34.9 Å². The van der Waals surface area contributed by atoms with Gasteiger partial charge in [-0.3, -0.25) is 4.79 Å². The number of nitrogens with one attached hydrogen (secondary N) is 1. The molecule has 1 aromatic carbocycles. The largest absolute Gasteiger partial charge is 0.310 e. The van der Waals surface area contributed by atoms with Gasteiger partial charge in [0.2, 0.25) is 0 Å². The summed E-state index contributed by atoms with van der Waals surface area (Å²) in [6.07, 6.45) is 0.644. The average molecular weight is 272 g/mol. The van der Waals surface area contributed by atoms with E-state index in [2.05, 4.69) is 5.32 Å². The van der Waals surface area contributed by atoms with E-state index < -0.39 is 0 Å². The Morgan fingerprint density at radius 3 is 2.11 bits per heavy atom. The number of ketones is 1. The summed E-state index contributed by atoms with van der Waals surface area (Å²) >= 11 is 5.99. The zero-order valence-corrected chi connectivity index (χ0v) is 13.1. The van der Waals surface area contributed by atoms with E-state index in [1.165, 1.54) is 0 Å². The van der Waals surface area contributed by atoms with Gasteiger partial charge in [-0.15, -0.1) is 0 Å². The van der Waals surface area contributed by atoms with Gasteiger partial charge in [0, 0.05) is 5.02 Å². The van der Waals surface area contributed by atoms with Crippen LogP contribution in [0.4, 0.5) is 0 Å². The maximum absolute atomic E-state index is 11.2. The molecule has 0 spiro atoms. The topological polar surface area (TPSA) is 29.1 Å². The molecule has 0 amide bonds. The smallest absolute Gasteiger partial charge is 0.147 e. The Morgan fingerprint density at radius 2 is 1.72 bits per heavy atom. The normalized spacial score (nSPS) is 10.4. The Kier molecular flexibility index (Phi) is 13.6. The molecule has 0 heterocycles. The van der Waals surface area contributed by atoms with E-state index >= 15 is 0 Å². The molecule has 2 nitrogen and oxygen atoms in total. The van der Waals surface area contributed by atoms with Crippen molar-refractivity contribution < 1.29 is 4.79 Å². The van der Waals surface area contributed by atoms with Crippen molar-refractivity contribution in [1.82, 2.24) is 5.32 Å². The van der Waals surface area contributed by atoms with Crippen LogP contribution in [0.15, 0.2) is 24.3 Å². The van der Waals surface area contributed by atoms with Crippen molar-refractivity contribution in [2.24, 2.45) is 0 Å². The first-order valence-electron chi connectivity index (χ1n) is 6.56. The molecule has 0 radical (unpaired) electrons. The van der Waals surface area contributed by atoms with Crippen molar-refractivity contribution >= 4 is 17.4 Å². The van der Waals surface area contributed by atoms with Gasteiger partial charge in [0.05, 0.1) is 6.04 Å². The number of hydrogen-bond donors (Lipinski definition) is 1. The fourth-order valence-electron chi connectivity index (χ4n) is 1.33. The predicted octanol–water partition coefficient (Wildman–Crippen LogP) is 4.11. The van der Waals surface area contributed by atoms with E-state index in [1.807, 2.05) is 52.0 Å². The van der Waals surface area contributed by atoms with Crippen molar-refractivity contribution in [1.29, 1.82) is 0 Å². The van der Waals surface area contributed by atoms with Crippen LogP contribution in [0.5, 0.6) is 0 Å². The molecule has 1 N–H and O–H groups in total. The first kappa shape index (κ1) is 19.5. The van der Waals surface area contributed by atoms with Crippen LogP contribution in [0.1, 0.15) is 40.2 Å². The quantitative estimate of drug-likeness (QED) is 0.893. The number of benzene rings is 1. The fraction of sp³-hybridized carbons (Fsp3) is 0.533. The Hall–Kier alpha value is -0.860. The molecule has 1 rings (SSSR count). The summed E-state index contributed by atoms with van der Waals surface area (Å²) < 4.78 is 0. The zero-order chi connectivity index (χ0) is 14.6. The van der Waals surface area contributed by atoms with Crippen LogP contribution in [0.2, 0.25) is 5.02 Å². The molecule has 18 heavy (non-hydrogen) atoms. The van der Waals surface area contributed by atoms with E-state index in [1.54, 1.807) is 14.0 Å². The van der Waals surface area contributed by atoms with Crippen molar-refractivity contribution in [2.45, 2.75) is 47.1 Å². The number of carbonyl (C=O) groups excluding carboxylic acids is 1. The molecule has 0 fully saturated rings. The molecule has 0 aliphatic heterocycles. The summed E-state index contributed by atoms with van der Waals surface area (Å²) in [5.74, 6) is 0.132. The summed E-state index contributed by atoms with van der Waals surface area (Å²) in [6, 6.07) is 7.44. The van der Waals surface area contributed by atoms with Crippen LogP contribution in [-0.4, -0.2) is 18.9 Å². The summed E-state index contributed by atoms with van der Waals surface area (Å²) in [6.45, 7) is 9.58. The standard InChI is InChI=1S/C11H14ClNO.2C2H6/c1-8(14)11(13-2)7-9-5-3-4-6-10(9)12;2*1-2/h3-6,11,13H,7H2,1-2H3;2*1-2H3. The molecule has 0 saturated carbocycles. The lowest BCUT2D eigenvalue weighted by Gasteiger charge is -2.13. The van der Waals surface area contributed by atoms with Gasteiger partial charge in [0.25, 0.3) is 0 Å². The molecule has 1 atom stereocenters. The molecule has 0 saturated heterocycles. The highest BCUT2D eigenvalue weighted by Crippen LogP contribution is 2.16. The molecule has 0 aromatic heterocycles. The number of hydrogen-bond acceptors (Lipinski definition) is 2. The number of carbonyl (C=O) groups is 1. The lowest BCUT2D eigenvalue weighted by molar-refractivity contribution is -0.118. The summed E-state index contributed by atoms with van der Waals surface area (Å²) in [7, 11) is 1.78. The van der Waals surface area contributed by atoms with E-state index in [4.69, 9.17) is 11.6 Å². The minimum absolute atomic E-state index is 0.132. The SMILES string of the molecule is CC.CC.CNC(Cc1ccccc1Cl)C(C)=O. The van der Waals surface area contributed by atoms with E-state index in [0.29, 0.717) is 11.4 Å². The Labute approximate surface area is 117 Å². The number of halogens is 1. The molecule has 1 aromatic rings. The van der Waals surface area contributed by atoms with Crippen molar-refractivity contribution in [3.63, 3.8) is 0 Å². The molecule has 104 valence electrons. The second-order valence-electron chi connectivity index (χ2n) is 3.25. The third-order valence-electron chi connectivity index (χ3n) is 2.22. The van der Waals surface area contributed by atoms with Crippen LogP contribution in [-0.2, 0) is 11.2 Å². The second kappa shape index (κ2) is 12.6. The Balaban J connectivity index is 0. The van der Waals surface area contributed by atoms with Gasteiger partial charge in [-0.05, 0) is 32.0 Å². The third kappa shape index (κ3) is 7.46. The highest BCUT2D eigenvalue weighted by Gasteiger charge is 2.13. The highest BCUT2D eigenvalue weighted by atomic mass is 35.5. The Bertz CT molecular complexity index is 326. The van der Waals surface area contributed by atoms with Gasteiger partial charge in [0.1, 0.15) is 5.78 Å². The summed E-state index contributed by atoms with van der Waals surface area (Å²) in [5.41, 5.74) is 1.00. The van der Waals surface area contributed by atoms with Crippen LogP contribution in [0, 0.1) is 0 Å². The molecule has 0 bridgehead atoms. The second-order valence-corrected chi connectivity index (χ2v) is 3.65. The minimum Gasteiger partial charge on any atom is -0.310 e. The fourth-order valence-corrected chi connectivity index (χ4v) is 1.55. The Morgan fingerprint density at radius 1 is 1.22 bits per heavy atom. The molecule has 0 aliphatic carbocycles. The summed E-state index contributed by atoms with van der Waals surface area (Å²) in [5, 5.41) is 3.69. The van der Waals surface area contributed by atoms with Crippen molar-refractivity contribution in [2.75, 3.05) is 7.05 Å². The zero-order valence-electron chi connectivity index (χ0n) is 12.4. The molecule has 0 aliphatic rings. The highest BCUT2D eigenvalue weighted by molar-refractivity contribution is 6.31. The van der Waals surface area contributed by atoms with E-state index in [9.17, 15) is 4.79 Å². The van der Waals surface area contributed by atoms with Gasteiger partial charge in [-0.2, -0.15) is 0 Å². The lowest BCUT2D eigenvalue weighted by atomic mass is 10.0. The maximum atomic E-state index is 11.2. The molecular formula is C15H26ClNO. The average Bonchev–Trinajstić information content (AvgIpc) is 2.42. The van der Waals surface area contributed by atoms with Gasteiger partial charge >= 0.3 is 0 Å². The molecular weight excluding hydrogens is 246 g/mol. The van der Waals surface area contributed by atoms with Gasteiger partial charge < -0.3 is 5.32 Å². The van der Waals surface area contributed by atoms with Gasteiger partial charge in [0.15, 0.2) is 0 Å². The molecule has 3 heteroatoms. The van der Waals surface area contributed by atoms with Crippen LogP contribution < -0.4 is 5.32 Å². The first-order valence-corrected chi connectivity index (χ1v) is 6.94. The van der Waals surface area contributed by atoms with Gasteiger partial charge in [-0.1, -0.05) is 57.5 Å². The lowest BCUT2D eigenvalue weighted by Crippen LogP contribution is -2.34. The van der Waals surface area contributed by atoms with Crippen LogP contribution in [0.25, 0.3) is 0 Å². The summed E-state index contributed by atoms with van der Waals surface area (Å²) in [4.78, 5) is 11.2. The van der Waals surface area contributed by atoms with E-state index in [-0.39, 0.29) is 11.8 Å². The number of rotatable bonds is 4. The van der Waals surface area contributed by atoms with E-state index in [0.717, 1.165) is 5.56 Å². The monoisotopic (exact) mass is 271 g/mol. The van der Waals surface area contributed by atoms with Crippen molar-refractivity contribution in [3.8, 4) is 0 Å². The first-order chi connectivity index (χ1) is 8.65. The maximum Gasteiger partial charge on any atom is 0.147 e. The van der Waals surface area contributed by atoms with Crippen LogP contribution in [0.3, 0.4) is 0 Å².